The maximum atomic E-state index is 12.6. The Morgan fingerprint density at radius 1 is 1.18 bits per heavy atom. The highest BCUT2D eigenvalue weighted by Crippen LogP contribution is 2.40. The highest BCUT2D eigenvalue weighted by atomic mass is 16.1. The van der Waals surface area contributed by atoms with E-state index in [2.05, 4.69) is 69.0 Å². The van der Waals surface area contributed by atoms with Gasteiger partial charge in [0.05, 0.1) is 16.7 Å². The molecule has 0 fully saturated rings. The van der Waals surface area contributed by atoms with Gasteiger partial charge < -0.3 is 10.3 Å². The highest BCUT2D eigenvalue weighted by Gasteiger charge is 2.34. The zero-order valence-corrected chi connectivity index (χ0v) is 24.1. The number of hydrogen-bond donors (Lipinski definition) is 1. The topological polar surface area (TPSA) is 73.8 Å². The summed E-state index contributed by atoms with van der Waals surface area (Å²) in [5.74, 6) is 0.231. The van der Waals surface area contributed by atoms with Gasteiger partial charge in [0.2, 0.25) is 0 Å². The predicted molar refractivity (Wildman–Crippen MR) is 167 cm³/mol. The van der Waals surface area contributed by atoms with Crippen molar-refractivity contribution >= 4 is 28.0 Å². The van der Waals surface area contributed by atoms with Crippen molar-refractivity contribution in [1.82, 2.24) is 14.5 Å². The molecule has 0 radical (unpaired) electrons. The molecule has 1 aliphatic rings. The molecule has 5 nitrogen and oxygen atoms in total. The SMILES string of the molecule is C=C/C=C\C=C(/C)C(C)(c1ccccn1)n1cc(C2=CCC(C(=C)C)C=C2)c2ncc(C(C(C)=O)=C(C)N)cc21. The lowest BCUT2D eigenvalue weighted by molar-refractivity contribution is -0.111. The van der Waals surface area contributed by atoms with Gasteiger partial charge in [-0.15, -0.1) is 0 Å². The Bertz CT molecular complexity index is 1620. The molecule has 0 saturated heterocycles. The minimum Gasteiger partial charge on any atom is -0.402 e. The number of allylic oxidation sites excluding steroid dienone is 12. The zero-order chi connectivity index (χ0) is 29.0. The van der Waals surface area contributed by atoms with Crippen molar-refractivity contribution in [2.45, 2.75) is 46.6 Å². The maximum absolute atomic E-state index is 12.6. The lowest BCUT2D eigenvalue weighted by Crippen LogP contribution is -2.33. The number of nitrogens with two attached hydrogens (primary N) is 1. The standard InChI is InChI=1S/C35H38N4O/c1-8-9-10-13-24(4)35(7,32-14-11-12-19-37-32)39-22-30(28-17-15-27(16-18-28)23(2)3)34-31(39)20-29(21-38-34)33(25(5)36)26(6)40/h8-15,17-22,27H,1-2,16,36H2,3-7H3/b10-9-,24-13+,33-25?. The summed E-state index contributed by atoms with van der Waals surface area (Å²) in [5, 5.41) is 0. The van der Waals surface area contributed by atoms with Crippen LogP contribution in [0.15, 0.2) is 115 Å². The molecule has 3 aromatic rings. The third kappa shape index (κ3) is 5.32. The molecule has 2 N–H and O–H groups in total. The summed E-state index contributed by atoms with van der Waals surface area (Å²) in [5.41, 5.74) is 14.1. The van der Waals surface area contributed by atoms with Crippen molar-refractivity contribution in [2.75, 3.05) is 0 Å². The normalized spacial score (nSPS) is 17.9. The largest absolute Gasteiger partial charge is 0.402 e. The van der Waals surface area contributed by atoms with E-state index in [0.29, 0.717) is 22.8 Å². The molecule has 4 rings (SSSR count). The van der Waals surface area contributed by atoms with Gasteiger partial charge in [-0.05, 0) is 70.4 Å². The second-order valence-corrected chi connectivity index (χ2v) is 10.6. The number of rotatable bonds is 9. The summed E-state index contributed by atoms with van der Waals surface area (Å²) in [4.78, 5) is 22.3. The van der Waals surface area contributed by atoms with Crippen molar-refractivity contribution in [1.29, 1.82) is 0 Å². The lowest BCUT2D eigenvalue weighted by atomic mass is 9.87. The average molecular weight is 531 g/mol. The molecule has 40 heavy (non-hydrogen) atoms. The molecule has 0 bridgehead atoms. The van der Waals surface area contributed by atoms with Crippen LogP contribution in [-0.2, 0) is 10.3 Å². The maximum Gasteiger partial charge on any atom is 0.162 e. The second kappa shape index (κ2) is 11.7. The summed E-state index contributed by atoms with van der Waals surface area (Å²) < 4.78 is 2.23. The van der Waals surface area contributed by atoms with Crippen molar-refractivity contribution in [3.63, 3.8) is 0 Å². The Hall–Kier alpha value is -4.51. The van der Waals surface area contributed by atoms with Crippen LogP contribution in [0.4, 0.5) is 0 Å². The second-order valence-electron chi connectivity index (χ2n) is 10.6. The fourth-order valence-corrected chi connectivity index (χ4v) is 5.32. The zero-order valence-electron chi connectivity index (χ0n) is 24.1. The molecule has 0 amide bonds. The number of Topliss-reactive ketones (excluding diaryl/α,β-unsaturated/α-hetero) is 1. The van der Waals surface area contributed by atoms with Crippen LogP contribution in [0.1, 0.15) is 57.9 Å². The van der Waals surface area contributed by atoms with Gasteiger partial charge in [-0.25, -0.2) is 0 Å². The van der Waals surface area contributed by atoms with Crippen LogP contribution in [0, 0.1) is 5.92 Å². The molecule has 204 valence electrons. The Kier molecular flexibility index (Phi) is 8.34. The molecule has 1 aliphatic carbocycles. The van der Waals surface area contributed by atoms with Crippen LogP contribution in [0.3, 0.4) is 0 Å². The summed E-state index contributed by atoms with van der Waals surface area (Å²) >= 11 is 0. The number of fused-ring (bicyclic) bond motifs is 1. The van der Waals surface area contributed by atoms with E-state index in [4.69, 9.17) is 15.7 Å². The fourth-order valence-electron chi connectivity index (χ4n) is 5.32. The van der Waals surface area contributed by atoms with Gasteiger partial charge in [0.1, 0.15) is 5.54 Å². The number of pyridine rings is 2. The first kappa shape index (κ1) is 28.5. The molecule has 0 aromatic carbocycles. The van der Waals surface area contributed by atoms with Crippen LogP contribution in [-0.4, -0.2) is 20.3 Å². The molecule has 3 aromatic heterocycles. The van der Waals surface area contributed by atoms with E-state index in [1.165, 1.54) is 6.92 Å². The fraction of sp³-hybridized carbons (Fsp3) is 0.229. The van der Waals surface area contributed by atoms with Gasteiger partial charge in [-0.1, -0.05) is 67.3 Å². The number of carbonyl (C=O) groups excluding carboxylic acids is 1. The van der Waals surface area contributed by atoms with Gasteiger partial charge in [-0.2, -0.15) is 0 Å². The van der Waals surface area contributed by atoms with E-state index < -0.39 is 5.54 Å². The minimum absolute atomic E-state index is 0.0960. The first-order valence-corrected chi connectivity index (χ1v) is 13.5. The highest BCUT2D eigenvalue weighted by molar-refractivity contribution is 6.20. The summed E-state index contributed by atoms with van der Waals surface area (Å²) in [6.07, 6.45) is 21.0. The quantitative estimate of drug-likeness (QED) is 0.175. The molecule has 0 saturated carbocycles. The lowest BCUT2D eigenvalue weighted by Gasteiger charge is -2.33. The van der Waals surface area contributed by atoms with E-state index >= 15 is 0 Å². The van der Waals surface area contributed by atoms with Crippen molar-refractivity contribution in [2.24, 2.45) is 11.7 Å². The molecule has 0 spiro atoms. The monoisotopic (exact) mass is 530 g/mol. The summed E-state index contributed by atoms with van der Waals surface area (Å²) in [6.45, 7) is 17.6. The number of carbonyl (C=O) groups is 1. The first-order valence-electron chi connectivity index (χ1n) is 13.5. The van der Waals surface area contributed by atoms with Crippen molar-refractivity contribution in [3.05, 3.63) is 132 Å². The number of hydrogen-bond acceptors (Lipinski definition) is 4. The molecule has 2 unspecified atom stereocenters. The van der Waals surface area contributed by atoms with Crippen LogP contribution < -0.4 is 5.73 Å². The Morgan fingerprint density at radius 2 is 1.95 bits per heavy atom. The Labute approximate surface area is 237 Å². The van der Waals surface area contributed by atoms with Crippen LogP contribution in [0.5, 0.6) is 0 Å². The summed E-state index contributed by atoms with van der Waals surface area (Å²) in [6, 6.07) is 7.99. The number of ketones is 1. The van der Waals surface area contributed by atoms with Gasteiger partial charge in [0.25, 0.3) is 0 Å². The number of nitrogens with zero attached hydrogens (tertiary/aromatic N) is 3. The van der Waals surface area contributed by atoms with E-state index in [0.717, 1.165) is 45.4 Å². The Morgan fingerprint density at radius 3 is 2.52 bits per heavy atom. The first-order chi connectivity index (χ1) is 19.1. The summed E-state index contributed by atoms with van der Waals surface area (Å²) in [7, 11) is 0. The van der Waals surface area contributed by atoms with Crippen LogP contribution in [0.2, 0.25) is 0 Å². The van der Waals surface area contributed by atoms with Gasteiger partial charge in [0, 0.05) is 46.9 Å². The molecule has 3 heterocycles. The predicted octanol–water partition coefficient (Wildman–Crippen LogP) is 7.70. The smallest absolute Gasteiger partial charge is 0.162 e. The van der Waals surface area contributed by atoms with E-state index in [9.17, 15) is 4.79 Å². The minimum atomic E-state index is -0.666. The third-order valence-electron chi connectivity index (χ3n) is 7.73. The number of aromatic nitrogens is 3. The van der Waals surface area contributed by atoms with E-state index in [-0.39, 0.29) is 5.78 Å². The van der Waals surface area contributed by atoms with Crippen molar-refractivity contribution < 1.29 is 4.79 Å². The Balaban J connectivity index is 2.06. The van der Waals surface area contributed by atoms with Crippen molar-refractivity contribution in [3.8, 4) is 0 Å². The molecular weight excluding hydrogens is 492 g/mol. The molecular formula is C35H38N4O. The van der Waals surface area contributed by atoms with E-state index in [1.807, 2.05) is 42.6 Å². The van der Waals surface area contributed by atoms with Gasteiger partial charge >= 0.3 is 0 Å². The van der Waals surface area contributed by atoms with Gasteiger partial charge in [-0.3, -0.25) is 14.8 Å². The van der Waals surface area contributed by atoms with Crippen LogP contribution in [0.25, 0.3) is 22.2 Å². The van der Waals surface area contributed by atoms with E-state index in [1.54, 1.807) is 19.2 Å². The average Bonchev–Trinajstić information content (AvgIpc) is 3.32. The van der Waals surface area contributed by atoms with Gasteiger partial charge in [0.15, 0.2) is 5.78 Å². The molecule has 2 atom stereocenters. The molecule has 0 aliphatic heterocycles. The van der Waals surface area contributed by atoms with Crippen LogP contribution >= 0.6 is 0 Å². The molecule has 5 heteroatoms. The third-order valence-corrected chi connectivity index (χ3v) is 7.73.